The van der Waals surface area contributed by atoms with Crippen molar-refractivity contribution >= 4 is 27.6 Å². The van der Waals surface area contributed by atoms with E-state index < -0.39 is 10.0 Å². The van der Waals surface area contributed by atoms with E-state index in [4.69, 9.17) is 9.15 Å². The lowest BCUT2D eigenvalue weighted by atomic mass is 10.1. The second-order valence-corrected chi connectivity index (χ2v) is 9.17. The van der Waals surface area contributed by atoms with Gasteiger partial charge in [0.1, 0.15) is 11.5 Å². The van der Waals surface area contributed by atoms with E-state index in [-0.39, 0.29) is 10.7 Å². The first-order chi connectivity index (χ1) is 15.5. The number of allylic oxidation sites excluding steroid dienone is 1. The number of carbonyl (C=O) groups is 1. The number of hydrogen-bond acceptors (Lipinski definition) is 6. The van der Waals surface area contributed by atoms with Gasteiger partial charge in [0, 0.05) is 29.9 Å². The number of nitrogens with zero attached hydrogens (tertiary/aromatic N) is 1. The Labute approximate surface area is 187 Å². The number of nitrogens with one attached hydrogen (secondary N) is 1. The number of anilines is 1. The Balaban J connectivity index is 1.45. The zero-order chi connectivity index (χ0) is 22.6. The van der Waals surface area contributed by atoms with Crippen LogP contribution in [0.15, 0.2) is 76.1 Å². The molecule has 1 aliphatic heterocycles. The zero-order valence-corrected chi connectivity index (χ0v) is 18.5. The fourth-order valence-electron chi connectivity index (χ4n) is 3.45. The van der Waals surface area contributed by atoms with Gasteiger partial charge in [0.05, 0.1) is 18.1 Å². The highest BCUT2D eigenvalue weighted by molar-refractivity contribution is 7.89. The summed E-state index contributed by atoms with van der Waals surface area (Å²) in [4.78, 5) is 15.0. The van der Waals surface area contributed by atoms with Crippen LogP contribution >= 0.6 is 0 Å². The van der Waals surface area contributed by atoms with Crippen molar-refractivity contribution in [2.45, 2.75) is 4.90 Å². The molecule has 1 fully saturated rings. The molecule has 0 atom stereocenters. The minimum Gasteiger partial charge on any atom is -0.457 e. The number of benzene rings is 2. The topological polar surface area (TPSA) is 88.9 Å². The van der Waals surface area contributed by atoms with Gasteiger partial charge in [-0.25, -0.2) is 13.1 Å². The minimum atomic E-state index is -3.49. The summed E-state index contributed by atoms with van der Waals surface area (Å²) in [7, 11) is -2.12. The molecular weight excluding hydrogens is 428 g/mol. The molecular formula is C24H24N2O5S. The maximum atomic E-state index is 12.7. The summed E-state index contributed by atoms with van der Waals surface area (Å²) in [6.07, 6.45) is 3.12. The summed E-state index contributed by atoms with van der Waals surface area (Å²) in [5.74, 6) is 1.00. The van der Waals surface area contributed by atoms with Gasteiger partial charge in [-0.2, -0.15) is 0 Å². The van der Waals surface area contributed by atoms with Gasteiger partial charge < -0.3 is 14.1 Å². The van der Waals surface area contributed by atoms with Crippen molar-refractivity contribution in [1.29, 1.82) is 0 Å². The van der Waals surface area contributed by atoms with Crippen molar-refractivity contribution in [2.75, 3.05) is 38.3 Å². The van der Waals surface area contributed by atoms with Gasteiger partial charge in [-0.3, -0.25) is 4.79 Å². The fraction of sp³-hybridized carbons (Fsp3) is 0.208. The molecule has 1 aliphatic rings. The Hall–Kier alpha value is -3.20. The smallest absolute Gasteiger partial charge is 0.240 e. The maximum absolute atomic E-state index is 12.7. The highest BCUT2D eigenvalue weighted by Gasteiger charge is 2.14. The zero-order valence-electron chi connectivity index (χ0n) is 17.7. The van der Waals surface area contributed by atoms with E-state index in [1.807, 2.05) is 18.2 Å². The Morgan fingerprint density at radius 2 is 1.78 bits per heavy atom. The Morgan fingerprint density at radius 3 is 2.50 bits per heavy atom. The lowest BCUT2D eigenvalue weighted by Gasteiger charge is -2.29. The third-order valence-corrected chi connectivity index (χ3v) is 6.68. The van der Waals surface area contributed by atoms with Crippen molar-refractivity contribution in [2.24, 2.45) is 0 Å². The van der Waals surface area contributed by atoms with Crippen LogP contribution < -0.4 is 9.62 Å². The molecule has 0 bridgehead atoms. The van der Waals surface area contributed by atoms with Gasteiger partial charge in [-0.1, -0.05) is 12.1 Å². The molecule has 4 rings (SSSR count). The van der Waals surface area contributed by atoms with Crippen molar-refractivity contribution < 1.29 is 22.4 Å². The SMILES string of the molecule is CNS(=O)(=O)c1ccc(-c2ccc(/C=C\C(=O)c3cccc(N4CCOCC4)c3)o2)cc1. The molecule has 0 unspecified atom stereocenters. The second kappa shape index (κ2) is 9.52. The third kappa shape index (κ3) is 4.99. The molecule has 1 aromatic heterocycles. The maximum Gasteiger partial charge on any atom is 0.240 e. The van der Waals surface area contributed by atoms with Crippen LogP contribution in [0.5, 0.6) is 0 Å². The van der Waals surface area contributed by atoms with Crippen LogP contribution in [0.25, 0.3) is 17.4 Å². The highest BCUT2D eigenvalue weighted by Crippen LogP contribution is 2.25. The molecule has 1 N–H and O–H groups in total. The van der Waals surface area contributed by atoms with Gasteiger partial charge in [-0.15, -0.1) is 0 Å². The van der Waals surface area contributed by atoms with Crippen LogP contribution in [0.2, 0.25) is 0 Å². The third-order valence-electron chi connectivity index (χ3n) is 5.25. The largest absolute Gasteiger partial charge is 0.457 e. The summed E-state index contributed by atoms with van der Waals surface area (Å²) in [5.41, 5.74) is 2.36. The van der Waals surface area contributed by atoms with Crippen molar-refractivity contribution in [3.05, 3.63) is 78.1 Å². The number of furan rings is 1. The Kier molecular flexibility index (Phi) is 6.55. The van der Waals surface area contributed by atoms with Gasteiger partial charge in [-0.05, 0) is 67.7 Å². The average Bonchev–Trinajstić information content (AvgIpc) is 3.32. The molecule has 166 valence electrons. The normalized spacial score (nSPS) is 14.7. The quantitative estimate of drug-likeness (QED) is 0.435. The molecule has 3 aromatic rings. The van der Waals surface area contributed by atoms with Crippen molar-refractivity contribution in [3.8, 4) is 11.3 Å². The molecule has 0 aliphatic carbocycles. The van der Waals surface area contributed by atoms with E-state index in [2.05, 4.69) is 9.62 Å². The first kappa shape index (κ1) is 22.0. The lowest BCUT2D eigenvalue weighted by Crippen LogP contribution is -2.36. The van der Waals surface area contributed by atoms with Crippen molar-refractivity contribution in [1.82, 2.24) is 4.72 Å². The first-order valence-corrected chi connectivity index (χ1v) is 11.7. The van der Waals surface area contributed by atoms with E-state index in [0.29, 0.717) is 30.3 Å². The Bertz CT molecular complexity index is 1220. The van der Waals surface area contributed by atoms with Crippen LogP contribution in [-0.2, 0) is 14.8 Å². The van der Waals surface area contributed by atoms with E-state index >= 15 is 0 Å². The van der Waals surface area contributed by atoms with Gasteiger partial charge in [0.2, 0.25) is 10.0 Å². The highest BCUT2D eigenvalue weighted by atomic mass is 32.2. The number of rotatable bonds is 7. The summed E-state index contributed by atoms with van der Waals surface area (Å²) >= 11 is 0. The summed E-state index contributed by atoms with van der Waals surface area (Å²) in [6.45, 7) is 2.99. The molecule has 0 amide bonds. The van der Waals surface area contributed by atoms with E-state index in [1.165, 1.54) is 25.3 Å². The second-order valence-electron chi connectivity index (χ2n) is 7.28. The van der Waals surface area contributed by atoms with E-state index in [1.54, 1.807) is 36.4 Å². The molecule has 0 saturated carbocycles. The molecule has 0 spiro atoms. The van der Waals surface area contributed by atoms with Crippen LogP contribution in [0.4, 0.5) is 5.69 Å². The van der Waals surface area contributed by atoms with E-state index in [0.717, 1.165) is 24.3 Å². The molecule has 7 nitrogen and oxygen atoms in total. The predicted octanol–water partition coefficient (Wildman–Crippen LogP) is 3.59. The van der Waals surface area contributed by atoms with Crippen molar-refractivity contribution in [3.63, 3.8) is 0 Å². The molecule has 1 saturated heterocycles. The average molecular weight is 453 g/mol. The van der Waals surface area contributed by atoms with Crippen LogP contribution in [-0.4, -0.2) is 47.6 Å². The predicted molar refractivity (Wildman–Crippen MR) is 123 cm³/mol. The first-order valence-electron chi connectivity index (χ1n) is 10.3. The molecule has 0 radical (unpaired) electrons. The molecule has 8 heteroatoms. The number of carbonyl (C=O) groups excluding carboxylic acids is 1. The Morgan fingerprint density at radius 1 is 1.03 bits per heavy atom. The number of sulfonamides is 1. The van der Waals surface area contributed by atoms with Gasteiger partial charge in [0.25, 0.3) is 0 Å². The summed E-state index contributed by atoms with van der Waals surface area (Å²) < 4.78 is 37.2. The fourth-order valence-corrected chi connectivity index (χ4v) is 4.18. The monoisotopic (exact) mass is 452 g/mol. The summed E-state index contributed by atoms with van der Waals surface area (Å²) in [5, 5.41) is 0. The number of hydrogen-bond donors (Lipinski definition) is 1. The van der Waals surface area contributed by atoms with Crippen LogP contribution in [0.3, 0.4) is 0 Å². The van der Waals surface area contributed by atoms with Gasteiger partial charge in [0.15, 0.2) is 5.78 Å². The van der Waals surface area contributed by atoms with Gasteiger partial charge >= 0.3 is 0 Å². The standard InChI is InChI=1S/C24H24N2O5S/c1-25-32(28,29)22-9-5-18(6-10-22)24-12-8-21(31-24)7-11-23(27)19-3-2-4-20(17-19)26-13-15-30-16-14-26/h2-12,17,25H,13-16H2,1H3/b11-7-. The van der Waals surface area contributed by atoms with E-state index in [9.17, 15) is 13.2 Å². The number of morpholine rings is 1. The summed E-state index contributed by atoms with van der Waals surface area (Å²) in [6, 6.07) is 17.5. The lowest BCUT2D eigenvalue weighted by molar-refractivity contribution is 0.104. The number of ketones is 1. The molecule has 32 heavy (non-hydrogen) atoms. The van der Waals surface area contributed by atoms with Crippen LogP contribution in [0, 0.1) is 0 Å². The molecule has 2 aromatic carbocycles. The number of ether oxygens (including phenoxy) is 1. The minimum absolute atomic E-state index is 0.111. The van der Waals surface area contributed by atoms with Crippen LogP contribution in [0.1, 0.15) is 16.1 Å². The molecule has 2 heterocycles.